The molecule has 1 saturated carbocycles. The molecule has 1 aromatic carbocycles. The number of aliphatic hydroxyl groups is 1. The lowest BCUT2D eigenvalue weighted by Gasteiger charge is -2.17. The number of aliphatic hydroxyl groups excluding tert-OH is 1. The Labute approximate surface area is 113 Å². The Balaban J connectivity index is 1.43. The summed E-state index contributed by atoms with van der Waals surface area (Å²) in [5.74, 6) is 2.48. The molecule has 0 aromatic heterocycles. The Bertz CT molecular complexity index is 383. The van der Waals surface area contributed by atoms with Gasteiger partial charge in [-0.15, -0.1) is 11.8 Å². The van der Waals surface area contributed by atoms with Gasteiger partial charge < -0.3 is 10.0 Å². The van der Waals surface area contributed by atoms with Crippen LogP contribution in [0.2, 0.25) is 0 Å². The Morgan fingerprint density at radius 2 is 2.00 bits per heavy atom. The van der Waals surface area contributed by atoms with Crippen LogP contribution in [-0.2, 0) is 0 Å². The second-order valence-corrected chi connectivity index (χ2v) is 6.66. The van der Waals surface area contributed by atoms with E-state index in [9.17, 15) is 5.11 Å². The van der Waals surface area contributed by atoms with Crippen LogP contribution < -0.4 is 0 Å². The van der Waals surface area contributed by atoms with Gasteiger partial charge in [0, 0.05) is 36.2 Å². The topological polar surface area (TPSA) is 23.5 Å². The van der Waals surface area contributed by atoms with Crippen LogP contribution in [0.15, 0.2) is 35.2 Å². The molecular formula is C15H21NOS. The predicted molar refractivity (Wildman–Crippen MR) is 75.8 cm³/mol. The van der Waals surface area contributed by atoms with Crippen molar-refractivity contribution in [2.45, 2.75) is 23.8 Å². The van der Waals surface area contributed by atoms with E-state index in [1.54, 1.807) is 0 Å². The fourth-order valence-corrected chi connectivity index (χ4v) is 4.26. The predicted octanol–water partition coefficient (Wildman–Crippen LogP) is 2.48. The number of likely N-dealkylation sites (tertiary alicyclic amines) is 1. The molecule has 1 aliphatic heterocycles. The molecule has 18 heavy (non-hydrogen) atoms. The minimum absolute atomic E-state index is 0.0261. The van der Waals surface area contributed by atoms with Crippen molar-refractivity contribution in [1.29, 1.82) is 0 Å². The van der Waals surface area contributed by atoms with Gasteiger partial charge in [0.1, 0.15) is 0 Å². The molecule has 3 atom stereocenters. The first-order valence-corrected chi connectivity index (χ1v) is 7.90. The fraction of sp³-hybridized carbons (Fsp3) is 0.600. The highest BCUT2D eigenvalue weighted by Crippen LogP contribution is 2.38. The SMILES string of the molecule is OC1CCC2CN(CCSc3ccccc3)CC12. The lowest BCUT2D eigenvalue weighted by molar-refractivity contribution is 0.125. The maximum atomic E-state index is 9.89. The fourth-order valence-electron chi connectivity index (χ4n) is 3.32. The largest absolute Gasteiger partial charge is 0.393 e. The molecule has 98 valence electrons. The Kier molecular flexibility index (Phi) is 3.92. The molecule has 1 aromatic rings. The number of nitrogens with zero attached hydrogens (tertiary/aromatic N) is 1. The second kappa shape index (κ2) is 5.64. The lowest BCUT2D eigenvalue weighted by Crippen LogP contribution is -2.26. The van der Waals surface area contributed by atoms with Gasteiger partial charge in [0.05, 0.1) is 6.10 Å². The number of hydrogen-bond donors (Lipinski definition) is 1. The van der Waals surface area contributed by atoms with E-state index in [-0.39, 0.29) is 6.10 Å². The van der Waals surface area contributed by atoms with Gasteiger partial charge in [-0.3, -0.25) is 0 Å². The number of hydrogen-bond acceptors (Lipinski definition) is 3. The van der Waals surface area contributed by atoms with Crippen molar-refractivity contribution in [3.63, 3.8) is 0 Å². The van der Waals surface area contributed by atoms with Crippen LogP contribution in [0.1, 0.15) is 12.8 Å². The van der Waals surface area contributed by atoms with E-state index in [0.29, 0.717) is 5.92 Å². The summed E-state index contributed by atoms with van der Waals surface area (Å²) in [5, 5.41) is 9.89. The Morgan fingerprint density at radius 1 is 1.17 bits per heavy atom. The summed E-state index contributed by atoms with van der Waals surface area (Å²) >= 11 is 1.93. The normalized spacial score (nSPS) is 31.7. The minimum atomic E-state index is -0.0261. The summed E-state index contributed by atoms with van der Waals surface area (Å²) < 4.78 is 0. The molecule has 3 heteroatoms. The smallest absolute Gasteiger partial charge is 0.0583 e. The summed E-state index contributed by atoms with van der Waals surface area (Å²) in [5.41, 5.74) is 0. The third-order valence-electron chi connectivity index (χ3n) is 4.31. The molecule has 3 rings (SSSR count). The monoisotopic (exact) mass is 263 g/mol. The molecule has 0 radical (unpaired) electrons. The maximum absolute atomic E-state index is 9.89. The third kappa shape index (κ3) is 2.73. The Morgan fingerprint density at radius 3 is 2.78 bits per heavy atom. The quantitative estimate of drug-likeness (QED) is 0.844. The zero-order valence-electron chi connectivity index (χ0n) is 10.7. The average Bonchev–Trinajstić information content (AvgIpc) is 2.94. The summed E-state index contributed by atoms with van der Waals surface area (Å²) in [7, 11) is 0. The number of thioether (sulfide) groups is 1. The standard InChI is InChI=1S/C15H21NOS/c17-15-7-6-12-10-16(11-14(12)15)8-9-18-13-4-2-1-3-5-13/h1-5,12,14-15,17H,6-11H2. The molecule has 1 saturated heterocycles. The molecule has 0 bridgehead atoms. The van der Waals surface area contributed by atoms with Gasteiger partial charge in [-0.25, -0.2) is 0 Å². The van der Waals surface area contributed by atoms with Crippen LogP contribution >= 0.6 is 11.8 Å². The van der Waals surface area contributed by atoms with Crippen LogP contribution in [0.3, 0.4) is 0 Å². The van der Waals surface area contributed by atoms with Crippen molar-refractivity contribution >= 4 is 11.8 Å². The zero-order valence-corrected chi connectivity index (χ0v) is 11.5. The van der Waals surface area contributed by atoms with E-state index in [2.05, 4.69) is 35.2 Å². The molecule has 3 unspecified atom stereocenters. The van der Waals surface area contributed by atoms with Gasteiger partial charge in [-0.1, -0.05) is 18.2 Å². The number of benzene rings is 1. The van der Waals surface area contributed by atoms with Crippen molar-refractivity contribution in [2.24, 2.45) is 11.8 Å². The van der Waals surface area contributed by atoms with E-state index in [0.717, 1.165) is 31.2 Å². The third-order valence-corrected chi connectivity index (χ3v) is 5.31. The number of fused-ring (bicyclic) bond motifs is 1. The van der Waals surface area contributed by atoms with E-state index in [4.69, 9.17) is 0 Å². The Hall–Kier alpha value is -0.510. The first kappa shape index (κ1) is 12.5. The van der Waals surface area contributed by atoms with Crippen LogP contribution in [0.4, 0.5) is 0 Å². The van der Waals surface area contributed by atoms with Gasteiger partial charge in [-0.2, -0.15) is 0 Å². The van der Waals surface area contributed by atoms with Gasteiger partial charge >= 0.3 is 0 Å². The summed E-state index contributed by atoms with van der Waals surface area (Å²) in [6.45, 7) is 3.47. The average molecular weight is 263 g/mol. The highest BCUT2D eigenvalue weighted by atomic mass is 32.2. The summed E-state index contributed by atoms with van der Waals surface area (Å²) in [6.07, 6.45) is 2.23. The molecule has 2 nitrogen and oxygen atoms in total. The lowest BCUT2D eigenvalue weighted by atomic mass is 10.00. The van der Waals surface area contributed by atoms with Gasteiger partial charge in [0.2, 0.25) is 0 Å². The van der Waals surface area contributed by atoms with E-state index in [1.807, 2.05) is 11.8 Å². The second-order valence-electron chi connectivity index (χ2n) is 5.49. The van der Waals surface area contributed by atoms with Crippen molar-refractivity contribution in [3.8, 4) is 0 Å². The zero-order chi connectivity index (χ0) is 12.4. The maximum Gasteiger partial charge on any atom is 0.0583 e. The van der Waals surface area contributed by atoms with Gasteiger partial charge in [0.15, 0.2) is 0 Å². The highest BCUT2D eigenvalue weighted by Gasteiger charge is 2.41. The van der Waals surface area contributed by atoms with Crippen molar-refractivity contribution < 1.29 is 5.11 Å². The summed E-state index contributed by atoms with van der Waals surface area (Å²) in [6, 6.07) is 10.6. The van der Waals surface area contributed by atoms with E-state index < -0.39 is 0 Å². The first-order chi connectivity index (χ1) is 8.83. The molecular weight excluding hydrogens is 242 g/mol. The minimum Gasteiger partial charge on any atom is -0.393 e. The molecule has 2 aliphatic rings. The molecule has 1 aliphatic carbocycles. The molecule has 1 heterocycles. The van der Waals surface area contributed by atoms with Crippen LogP contribution in [0.5, 0.6) is 0 Å². The first-order valence-electron chi connectivity index (χ1n) is 6.91. The highest BCUT2D eigenvalue weighted by molar-refractivity contribution is 7.99. The van der Waals surface area contributed by atoms with E-state index in [1.165, 1.54) is 17.9 Å². The van der Waals surface area contributed by atoms with Gasteiger partial charge in [-0.05, 0) is 30.9 Å². The molecule has 1 N–H and O–H groups in total. The van der Waals surface area contributed by atoms with Crippen LogP contribution in [-0.4, -0.2) is 41.5 Å². The summed E-state index contributed by atoms with van der Waals surface area (Å²) in [4.78, 5) is 3.89. The van der Waals surface area contributed by atoms with Gasteiger partial charge in [0.25, 0.3) is 0 Å². The number of rotatable bonds is 4. The van der Waals surface area contributed by atoms with Crippen molar-refractivity contribution in [3.05, 3.63) is 30.3 Å². The molecule has 0 spiro atoms. The van der Waals surface area contributed by atoms with Crippen LogP contribution in [0, 0.1) is 11.8 Å². The molecule has 2 fully saturated rings. The van der Waals surface area contributed by atoms with Crippen LogP contribution in [0.25, 0.3) is 0 Å². The van der Waals surface area contributed by atoms with E-state index >= 15 is 0 Å². The van der Waals surface area contributed by atoms with Crippen molar-refractivity contribution in [1.82, 2.24) is 4.90 Å². The van der Waals surface area contributed by atoms with Crippen molar-refractivity contribution in [2.75, 3.05) is 25.4 Å². The molecule has 0 amide bonds.